The first-order valence-electron chi connectivity index (χ1n) is 7.96. The van der Waals surface area contributed by atoms with Crippen molar-refractivity contribution in [2.75, 3.05) is 33.0 Å². The van der Waals surface area contributed by atoms with Crippen molar-refractivity contribution in [3.63, 3.8) is 0 Å². The smallest absolute Gasteiger partial charge is 0.254 e. The number of carbonyl (C=O) groups excluding carboxylic acids is 1. The zero-order chi connectivity index (χ0) is 15.2. The molecule has 0 unspecified atom stereocenters. The monoisotopic (exact) mass is 305 g/mol. The fourth-order valence-corrected chi connectivity index (χ4v) is 2.90. The van der Waals surface area contributed by atoms with E-state index in [0.717, 1.165) is 25.0 Å². The minimum atomic E-state index is -0.487. The minimum absolute atomic E-state index is 0.000877. The summed E-state index contributed by atoms with van der Waals surface area (Å²) in [5, 5.41) is 0. The van der Waals surface area contributed by atoms with Crippen molar-refractivity contribution >= 4 is 5.91 Å². The number of benzene rings is 1. The summed E-state index contributed by atoms with van der Waals surface area (Å²) < 4.78 is 16.6. The van der Waals surface area contributed by atoms with Gasteiger partial charge in [0.1, 0.15) is 0 Å². The van der Waals surface area contributed by atoms with Gasteiger partial charge in [-0.1, -0.05) is 30.3 Å². The molecule has 2 atom stereocenters. The maximum Gasteiger partial charge on any atom is 0.254 e. The molecule has 2 fully saturated rings. The SMILES string of the molecule is O=C([C@@H]1COCCO1)N(Cc1ccccc1)C[C@@H]1CCCO1. The summed E-state index contributed by atoms with van der Waals surface area (Å²) in [5.74, 6) is -0.000877. The van der Waals surface area contributed by atoms with Gasteiger partial charge in [-0.25, -0.2) is 0 Å². The molecule has 0 N–H and O–H groups in total. The quantitative estimate of drug-likeness (QED) is 0.829. The van der Waals surface area contributed by atoms with Gasteiger partial charge >= 0.3 is 0 Å². The van der Waals surface area contributed by atoms with Crippen LogP contribution >= 0.6 is 0 Å². The predicted octanol–water partition coefficient (Wildman–Crippen LogP) is 1.61. The first-order valence-corrected chi connectivity index (χ1v) is 7.96. The molecule has 2 aliphatic heterocycles. The van der Waals surface area contributed by atoms with Crippen LogP contribution in [0.1, 0.15) is 18.4 Å². The van der Waals surface area contributed by atoms with Crippen molar-refractivity contribution in [2.45, 2.75) is 31.6 Å². The molecule has 5 heteroatoms. The number of nitrogens with zero attached hydrogens (tertiary/aromatic N) is 1. The van der Waals surface area contributed by atoms with Crippen LogP contribution in [0.4, 0.5) is 0 Å². The third-order valence-electron chi connectivity index (χ3n) is 4.07. The van der Waals surface area contributed by atoms with Crippen LogP contribution in [-0.2, 0) is 25.5 Å². The van der Waals surface area contributed by atoms with Gasteiger partial charge < -0.3 is 19.1 Å². The largest absolute Gasteiger partial charge is 0.376 e. The van der Waals surface area contributed by atoms with E-state index in [4.69, 9.17) is 14.2 Å². The molecule has 22 heavy (non-hydrogen) atoms. The molecular formula is C17H23NO4. The minimum Gasteiger partial charge on any atom is -0.376 e. The standard InChI is InChI=1S/C17H23NO4/c19-17(16-13-20-9-10-22-16)18(12-15-7-4-8-21-15)11-14-5-2-1-3-6-14/h1-3,5-6,15-16H,4,7-13H2/t15-,16-/m0/s1. The Morgan fingerprint density at radius 3 is 2.68 bits per heavy atom. The van der Waals surface area contributed by atoms with Crippen LogP contribution in [0, 0.1) is 0 Å². The molecule has 0 radical (unpaired) electrons. The lowest BCUT2D eigenvalue weighted by Gasteiger charge is -2.31. The van der Waals surface area contributed by atoms with E-state index in [0.29, 0.717) is 32.9 Å². The molecule has 1 aromatic carbocycles. The van der Waals surface area contributed by atoms with Gasteiger partial charge in [-0.2, -0.15) is 0 Å². The molecule has 0 spiro atoms. The first kappa shape index (κ1) is 15.5. The summed E-state index contributed by atoms with van der Waals surface area (Å²) in [6, 6.07) is 10.0. The Hall–Kier alpha value is -1.43. The zero-order valence-electron chi connectivity index (χ0n) is 12.8. The summed E-state index contributed by atoms with van der Waals surface area (Å²) in [6.07, 6.45) is 1.73. The second-order valence-electron chi connectivity index (χ2n) is 5.77. The Morgan fingerprint density at radius 1 is 1.14 bits per heavy atom. The molecule has 2 heterocycles. The van der Waals surface area contributed by atoms with E-state index in [1.54, 1.807) is 0 Å². The van der Waals surface area contributed by atoms with Crippen LogP contribution in [0.5, 0.6) is 0 Å². The maximum atomic E-state index is 12.8. The van der Waals surface area contributed by atoms with E-state index < -0.39 is 6.10 Å². The lowest BCUT2D eigenvalue weighted by Crippen LogP contribution is -2.47. The molecule has 120 valence electrons. The number of hydrogen-bond acceptors (Lipinski definition) is 4. The summed E-state index contributed by atoms with van der Waals surface area (Å²) in [6.45, 7) is 3.38. The van der Waals surface area contributed by atoms with Gasteiger partial charge in [-0.05, 0) is 18.4 Å². The molecule has 0 aliphatic carbocycles. The Balaban J connectivity index is 1.67. The molecule has 0 bridgehead atoms. The molecule has 1 amide bonds. The molecule has 2 aliphatic rings. The summed E-state index contributed by atoms with van der Waals surface area (Å²) in [7, 11) is 0. The Morgan fingerprint density at radius 2 is 2.00 bits per heavy atom. The molecule has 0 aromatic heterocycles. The van der Waals surface area contributed by atoms with Gasteiger partial charge in [0.2, 0.25) is 0 Å². The number of hydrogen-bond donors (Lipinski definition) is 0. The Labute approximate surface area is 131 Å². The second-order valence-corrected chi connectivity index (χ2v) is 5.77. The lowest BCUT2D eigenvalue weighted by molar-refractivity contribution is -0.160. The van der Waals surface area contributed by atoms with E-state index in [1.165, 1.54) is 0 Å². The van der Waals surface area contributed by atoms with Crippen molar-refractivity contribution < 1.29 is 19.0 Å². The molecule has 3 rings (SSSR count). The van der Waals surface area contributed by atoms with Crippen molar-refractivity contribution in [1.82, 2.24) is 4.90 Å². The van der Waals surface area contributed by atoms with Gasteiger partial charge in [0, 0.05) is 19.7 Å². The van der Waals surface area contributed by atoms with Gasteiger partial charge in [-0.3, -0.25) is 4.79 Å². The predicted molar refractivity (Wildman–Crippen MR) is 81.4 cm³/mol. The van der Waals surface area contributed by atoms with Crippen molar-refractivity contribution in [3.05, 3.63) is 35.9 Å². The highest BCUT2D eigenvalue weighted by Crippen LogP contribution is 2.17. The van der Waals surface area contributed by atoms with Crippen LogP contribution < -0.4 is 0 Å². The van der Waals surface area contributed by atoms with Gasteiger partial charge in [0.15, 0.2) is 6.10 Å². The zero-order valence-corrected chi connectivity index (χ0v) is 12.8. The van der Waals surface area contributed by atoms with Crippen LogP contribution in [0.2, 0.25) is 0 Å². The van der Waals surface area contributed by atoms with Crippen molar-refractivity contribution in [1.29, 1.82) is 0 Å². The number of carbonyl (C=O) groups is 1. The number of amides is 1. The molecule has 0 saturated carbocycles. The highest BCUT2D eigenvalue weighted by molar-refractivity contribution is 5.81. The van der Waals surface area contributed by atoms with Crippen LogP contribution in [-0.4, -0.2) is 56.0 Å². The number of ether oxygens (including phenoxy) is 3. The van der Waals surface area contributed by atoms with Gasteiger partial charge in [-0.15, -0.1) is 0 Å². The van der Waals surface area contributed by atoms with E-state index in [9.17, 15) is 4.79 Å². The average Bonchev–Trinajstić information content (AvgIpc) is 3.08. The van der Waals surface area contributed by atoms with Gasteiger partial charge in [0.05, 0.1) is 25.9 Å². The van der Waals surface area contributed by atoms with Crippen LogP contribution in [0.3, 0.4) is 0 Å². The first-order chi connectivity index (χ1) is 10.8. The normalized spacial score (nSPS) is 25.1. The molecule has 5 nitrogen and oxygen atoms in total. The third-order valence-corrected chi connectivity index (χ3v) is 4.07. The Bertz CT molecular complexity index is 467. The highest BCUT2D eigenvalue weighted by Gasteiger charge is 2.30. The lowest BCUT2D eigenvalue weighted by atomic mass is 10.1. The van der Waals surface area contributed by atoms with Gasteiger partial charge in [0.25, 0.3) is 5.91 Å². The fraction of sp³-hybridized carbons (Fsp3) is 0.588. The van der Waals surface area contributed by atoms with E-state index in [-0.39, 0.29) is 12.0 Å². The summed E-state index contributed by atoms with van der Waals surface area (Å²) >= 11 is 0. The Kier molecular flexibility index (Phi) is 5.43. The van der Waals surface area contributed by atoms with Crippen LogP contribution in [0.15, 0.2) is 30.3 Å². The number of rotatable bonds is 5. The average molecular weight is 305 g/mol. The fourth-order valence-electron chi connectivity index (χ4n) is 2.90. The third kappa shape index (κ3) is 4.06. The molecule has 1 aromatic rings. The maximum absolute atomic E-state index is 12.8. The topological polar surface area (TPSA) is 48.0 Å². The molecule has 2 saturated heterocycles. The summed E-state index contributed by atoms with van der Waals surface area (Å²) in [4.78, 5) is 14.6. The van der Waals surface area contributed by atoms with E-state index >= 15 is 0 Å². The molecular weight excluding hydrogens is 282 g/mol. The van der Waals surface area contributed by atoms with E-state index in [2.05, 4.69) is 0 Å². The second kappa shape index (κ2) is 7.72. The highest BCUT2D eigenvalue weighted by atomic mass is 16.6. The van der Waals surface area contributed by atoms with Crippen LogP contribution in [0.25, 0.3) is 0 Å². The van der Waals surface area contributed by atoms with E-state index in [1.807, 2.05) is 35.2 Å². The van der Waals surface area contributed by atoms with Crippen molar-refractivity contribution in [3.8, 4) is 0 Å². The van der Waals surface area contributed by atoms with Crippen molar-refractivity contribution in [2.24, 2.45) is 0 Å². The summed E-state index contributed by atoms with van der Waals surface area (Å²) in [5.41, 5.74) is 1.12.